The molecule has 0 radical (unpaired) electrons. The molecule has 1 aliphatic rings. The highest BCUT2D eigenvalue weighted by Crippen LogP contribution is 2.17. The molecule has 0 aliphatic carbocycles. The Hall–Kier alpha value is -3.30. The average Bonchev–Trinajstić information content (AvgIpc) is 2.84. The van der Waals surface area contributed by atoms with E-state index >= 15 is 0 Å². The van der Waals surface area contributed by atoms with E-state index in [0.717, 1.165) is 26.1 Å². The van der Waals surface area contributed by atoms with E-state index in [1.165, 1.54) is 30.1 Å². The highest BCUT2D eigenvalue weighted by molar-refractivity contribution is 7.92. The minimum atomic E-state index is -3.73. The van der Waals surface area contributed by atoms with Gasteiger partial charge in [0.2, 0.25) is 0 Å². The summed E-state index contributed by atoms with van der Waals surface area (Å²) in [6, 6.07) is 13.3. The molecule has 0 atom stereocenters. The van der Waals surface area contributed by atoms with Crippen molar-refractivity contribution in [1.82, 2.24) is 19.8 Å². The van der Waals surface area contributed by atoms with Crippen LogP contribution in [0.3, 0.4) is 0 Å². The Labute approximate surface area is 188 Å². The first-order valence-electron chi connectivity index (χ1n) is 10.4. The zero-order valence-electron chi connectivity index (χ0n) is 17.6. The van der Waals surface area contributed by atoms with Crippen molar-refractivity contribution in [2.75, 3.05) is 37.4 Å². The fourth-order valence-electron chi connectivity index (χ4n) is 3.60. The molecule has 0 spiro atoms. The lowest BCUT2D eigenvalue weighted by Gasteiger charge is -2.34. The summed E-state index contributed by atoms with van der Waals surface area (Å²) in [5.74, 6) is -0.0789. The maximum atomic E-state index is 12.9. The van der Waals surface area contributed by atoms with Crippen LogP contribution in [-0.4, -0.2) is 66.8 Å². The first-order valence-corrected chi connectivity index (χ1v) is 11.9. The molecular formula is C23H25N5O3S. The zero-order valence-corrected chi connectivity index (χ0v) is 18.4. The SMILES string of the molecule is O=C(c1ccc(S(=O)(=O)Nc2ccncc2)cc1)N1CCN(CCc2ccncc2)CC1. The van der Waals surface area contributed by atoms with Crippen LogP contribution < -0.4 is 4.72 Å². The Bertz CT molecular complexity index is 1130. The molecule has 1 fully saturated rings. The molecule has 1 amide bonds. The van der Waals surface area contributed by atoms with Gasteiger partial charge in [0.15, 0.2) is 0 Å². The van der Waals surface area contributed by atoms with E-state index in [0.29, 0.717) is 24.3 Å². The Balaban J connectivity index is 1.31. The molecule has 1 N–H and O–H groups in total. The van der Waals surface area contributed by atoms with Crippen LogP contribution in [0, 0.1) is 0 Å². The van der Waals surface area contributed by atoms with Gasteiger partial charge in [0, 0.05) is 63.1 Å². The molecule has 1 aromatic carbocycles. The largest absolute Gasteiger partial charge is 0.336 e. The Morgan fingerprint density at radius 1 is 0.844 bits per heavy atom. The van der Waals surface area contributed by atoms with Crippen LogP contribution in [0.2, 0.25) is 0 Å². The molecule has 32 heavy (non-hydrogen) atoms. The number of hydrogen-bond acceptors (Lipinski definition) is 6. The number of nitrogens with one attached hydrogen (secondary N) is 1. The van der Waals surface area contributed by atoms with Gasteiger partial charge in [0.25, 0.3) is 15.9 Å². The smallest absolute Gasteiger partial charge is 0.261 e. The van der Waals surface area contributed by atoms with Gasteiger partial charge in [-0.25, -0.2) is 8.42 Å². The third-order valence-corrected chi connectivity index (χ3v) is 6.87. The third-order valence-electron chi connectivity index (χ3n) is 5.47. The zero-order chi connectivity index (χ0) is 22.4. The van der Waals surface area contributed by atoms with Gasteiger partial charge >= 0.3 is 0 Å². The van der Waals surface area contributed by atoms with Crippen molar-refractivity contribution >= 4 is 21.6 Å². The second-order valence-corrected chi connectivity index (χ2v) is 9.29. The maximum Gasteiger partial charge on any atom is 0.261 e. The summed E-state index contributed by atoms with van der Waals surface area (Å²) in [5.41, 5.74) is 2.17. The second-order valence-electron chi connectivity index (χ2n) is 7.61. The van der Waals surface area contributed by atoms with Crippen LogP contribution in [0.5, 0.6) is 0 Å². The summed E-state index contributed by atoms with van der Waals surface area (Å²) >= 11 is 0. The molecule has 4 rings (SSSR count). The molecule has 1 saturated heterocycles. The molecule has 1 aliphatic heterocycles. The monoisotopic (exact) mass is 451 g/mol. The molecule has 0 saturated carbocycles. The molecule has 9 heteroatoms. The lowest BCUT2D eigenvalue weighted by molar-refractivity contribution is 0.0638. The number of anilines is 1. The van der Waals surface area contributed by atoms with E-state index in [-0.39, 0.29) is 10.8 Å². The predicted octanol–water partition coefficient (Wildman–Crippen LogP) is 2.28. The minimum Gasteiger partial charge on any atom is -0.336 e. The van der Waals surface area contributed by atoms with Crippen molar-refractivity contribution in [3.63, 3.8) is 0 Å². The lowest BCUT2D eigenvalue weighted by Crippen LogP contribution is -2.49. The highest BCUT2D eigenvalue weighted by Gasteiger charge is 2.23. The maximum absolute atomic E-state index is 12.9. The van der Waals surface area contributed by atoms with Gasteiger partial charge in [-0.2, -0.15) is 0 Å². The number of hydrogen-bond donors (Lipinski definition) is 1. The van der Waals surface area contributed by atoms with Crippen molar-refractivity contribution in [3.05, 3.63) is 84.4 Å². The molecular weight excluding hydrogens is 426 g/mol. The van der Waals surface area contributed by atoms with E-state index in [4.69, 9.17) is 0 Å². The van der Waals surface area contributed by atoms with Gasteiger partial charge in [-0.15, -0.1) is 0 Å². The number of carbonyl (C=O) groups excluding carboxylic acids is 1. The van der Waals surface area contributed by atoms with Gasteiger partial charge in [0.1, 0.15) is 0 Å². The summed E-state index contributed by atoms with van der Waals surface area (Å²) in [7, 11) is -3.73. The number of sulfonamides is 1. The van der Waals surface area contributed by atoms with Crippen molar-refractivity contribution in [2.45, 2.75) is 11.3 Å². The number of nitrogens with zero attached hydrogens (tertiary/aromatic N) is 4. The first kappa shape index (κ1) is 21.9. The number of piperazine rings is 1. The summed E-state index contributed by atoms with van der Waals surface area (Å²) in [6.45, 7) is 3.89. The first-order chi connectivity index (χ1) is 15.5. The van der Waals surface area contributed by atoms with Crippen LogP contribution in [0.1, 0.15) is 15.9 Å². The lowest BCUT2D eigenvalue weighted by atomic mass is 10.1. The van der Waals surface area contributed by atoms with E-state index in [1.54, 1.807) is 36.7 Å². The van der Waals surface area contributed by atoms with Crippen molar-refractivity contribution in [2.24, 2.45) is 0 Å². The van der Waals surface area contributed by atoms with Gasteiger partial charge < -0.3 is 4.90 Å². The normalized spacial score (nSPS) is 14.8. The molecule has 0 bridgehead atoms. The Morgan fingerprint density at radius 3 is 2.06 bits per heavy atom. The van der Waals surface area contributed by atoms with Crippen LogP contribution in [0.15, 0.2) is 78.2 Å². The van der Waals surface area contributed by atoms with E-state index < -0.39 is 10.0 Å². The van der Waals surface area contributed by atoms with Gasteiger partial charge in [-0.3, -0.25) is 24.4 Å². The van der Waals surface area contributed by atoms with Crippen molar-refractivity contribution in [1.29, 1.82) is 0 Å². The van der Waals surface area contributed by atoms with Gasteiger partial charge in [0.05, 0.1) is 10.6 Å². The van der Waals surface area contributed by atoms with Crippen LogP contribution >= 0.6 is 0 Å². The number of amides is 1. The quantitative estimate of drug-likeness (QED) is 0.592. The summed E-state index contributed by atoms with van der Waals surface area (Å²) < 4.78 is 27.6. The highest BCUT2D eigenvalue weighted by atomic mass is 32.2. The Kier molecular flexibility index (Phi) is 6.77. The van der Waals surface area contributed by atoms with Crippen molar-refractivity contribution in [3.8, 4) is 0 Å². The predicted molar refractivity (Wildman–Crippen MR) is 122 cm³/mol. The molecule has 3 heterocycles. The average molecular weight is 452 g/mol. The fourth-order valence-corrected chi connectivity index (χ4v) is 4.66. The number of aromatic nitrogens is 2. The standard InChI is InChI=1S/C23H25N5O3S/c29-23(28-17-15-27(16-18-28)14-9-19-5-10-24-11-6-19)20-1-3-22(4-2-20)32(30,31)26-21-7-12-25-13-8-21/h1-8,10-13H,9,14-18H2,(H,25,26). The van der Waals surface area contributed by atoms with Gasteiger partial charge in [-0.05, 0) is 60.5 Å². The molecule has 2 aromatic heterocycles. The Morgan fingerprint density at radius 2 is 1.44 bits per heavy atom. The van der Waals surface area contributed by atoms with Gasteiger partial charge in [-0.1, -0.05) is 0 Å². The van der Waals surface area contributed by atoms with E-state index in [9.17, 15) is 13.2 Å². The minimum absolute atomic E-state index is 0.0789. The summed E-state index contributed by atoms with van der Waals surface area (Å²) in [6.07, 6.45) is 7.59. The molecule has 8 nitrogen and oxygen atoms in total. The topological polar surface area (TPSA) is 95.5 Å². The number of rotatable bonds is 7. The number of benzene rings is 1. The molecule has 3 aromatic rings. The fraction of sp³-hybridized carbons (Fsp3) is 0.261. The number of carbonyl (C=O) groups is 1. The molecule has 0 unspecified atom stereocenters. The molecule has 166 valence electrons. The summed E-state index contributed by atoms with van der Waals surface area (Å²) in [5, 5.41) is 0. The van der Waals surface area contributed by atoms with E-state index in [2.05, 4.69) is 19.6 Å². The van der Waals surface area contributed by atoms with Crippen LogP contribution in [0.25, 0.3) is 0 Å². The van der Waals surface area contributed by atoms with E-state index in [1.807, 2.05) is 17.0 Å². The second kappa shape index (κ2) is 9.88. The van der Waals surface area contributed by atoms with Crippen LogP contribution in [-0.2, 0) is 16.4 Å². The number of pyridine rings is 2. The van der Waals surface area contributed by atoms with Crippen molar-refractivity contribution < 1.29 is 13.2 Å². The third kappa shape index (κ3) is 5.49. The van der Waals surface area contributed by atoms with Crippen LogP contribution in [0.4, 0.5) is 5.69 Å². The summed E-state index contributed by atoms with van der Waals surface area (Å²) in [4.78, 5) is 25.1.